The highest BCUT2D eigenvalue weighted by atomic mass is 79.9. The van der Waals surface area contributed by atoms with Gasteiger partial charge in [-0.05, 0) is 52.2 Å². The van der Waals surface area contributed by atoms with Gasteiger partial charge in [0.1, 0.15) is 5.75 Å². The fraction of sp³-hybridized carbons (Fsp3) is 0.188. The van der Waals surface area contributed by atoms with Crippen LogP contribution in [0.15, 0.2) is 46.9 Å². The molecule has 2 aromatic rings. The first-order valence-electron chi connectivity index (χ1n) is 6.47. The lowest BCUT2D eigenvalue weighted by Crippen LogP contribution is -2.12. The molecule has 0 saturated heterocycles. The summed E-state index contributed by atoms with van der Waals surface area (Å²) in [5.74, 6) is 0.717. The van der Waals surface area contributed by atoms with Crippen molar-refractivity contribution >= 4 is 39.1 Å². The van der Waals surface area contributed by atoms with E-state index in [0.29, 0.717) is 23.6 Å². The molecule has 1 N–H and O–H groups in total. The molecule has 0 heterocycles. The van der Waals surface area contributed by atoms with Gasteiger partial charge in [-0.25, -0.2) is 0 Å². The number of benzene rings is 2. The number of aryl methyl sites for hydroxylation is 1. The number of halogens is 2. The van der Waals surface area contributed by atoms with Crippen LogP contribution in [-0.4, -0.2) is 13.0 Å². The first-order chi connectivity index (χ1) is 10.1. The SMILES string of the molecule is COc1ccc(CCC(=O)Nc2ccccc2Cl)cc1Br. The van der Waals surface area contributed by atoms with Crippen molar-refractivity contribution < 1.29 is 9.53 Å². The Hall–Kier alpha value is -1.52. The number of carbonyl (C=O) groups is 1. The van der Waals surface area contributed by atoms with E-state index in [1.165, 1.54) is 0 Å². The van der Waals surface area contributed by atoms with Crippen molar-refractivity contribution in [2.45, 2.75) is 12.8 Å². The van der Waals surface area contributed by atoms with Crippen LogP contribution in [0.1, 0.15) is 12.0 Å². The molecule has 0 spiro atoms. The molecule has 0 aromatic heterocycles. The van der Waals surface area contributed by atoms with E-state index in [1.807, 2.05) is 30.3 Å². The maximum atomic E-state index is 11.9. The van der Waals surface area contributed by atoms with E-state index in [9.17, 15) is 4.79 Å². The molecule has 0 bridgehead atoms. The summed E-state index contributed by atoms with van der Waals surface area (Å²) in [7, 11) is 1.62. The van der Waals surface area contributed by atoms with Gasteiger partial charge < -0.3 is 10.1 Å². The van der Waals surface area contributed by atoms with Gasteiger partial charge >= 0.3 is 0 Å². The minimum Gasteiger partial charge on any atom is -0.496 e. The Labute approximate surface area is 137 Å². The van der Waals surface area contributed by atoms with Crippen molar-refractivity contribution in [3.63, 3.8) is 0 Å². The first-order valence-corrected chi connectivity index (χ1v) is 7.64. The van der Waals surface area contributed by atoms with Crippen LogP contribution in [0.3, 0.4) is 0 Å². The van der Waals surface area contributed by atoms with E-state index in [1.54, 1.807) is 19.2 Å². The van der Waals surface area contributed by atoms with Crippen LogP contribution in [0.2, 0.25) is 5.02 Å². The monoisotopic (exact) mass is 367 g/mol. The van der Waals surface area contributed by atoms with Gasteiger partial charge in [0.15, 0.2) is 0 Å². The standard InChI is InChI=1S/C16H15BrClNO2/c1-21-15-8-6-11(10-12(15)17)7-9-16(20)19-14-5-3-2-4-13(14)18/h2-6,8,10H,7,9H2,1H3,(H,19,20). The Kier molecular flexibility index (Phi) is 5.65. The summed E-state index contributed by atoms with van der Waals surface area (Å²) >= 11 is 9.44. The summed E-state index contributed by atoms with van der Waals surface area (Å²) in [5.41, 5.74) is 1.71. The lowest BCUT2D eigenvalue weighted by atomic mass is 10.1. The van der Waals surface area contributed by atoms with Gasteiger partial charge in [0.25, 0.3) is 0 Å². The summed E-state index contributed by atoms with van der Waals surface area (Å²) in [6.07, 6.45) is 1.04. The Morgan fingerprint density at radius 3 is 2.71 bits per heavy atom. The molecule has 110 valence electrons. The van der Waals surface area contributed by atoms with Gasteiger partial charge in [0.2, 0.25) is 5.91 Å². The predicted molar refractivity (Wildman–Crippen MR) is 89.1 cm³/mol. The molecule has 0 aliphatic carbocycles. The molecule has 1 amide bonds. The van der Waals surface area contributed by atoms with Gasteiger partial charge in [-0.2, -0.15) is 0 Å². The highest BCUT2D eigenvalue weighted by molar-refractivity contribution is 9.10. The zero-order valence-corrected chi connectivity index (χ0v) is 13.9. The number of hydrogen-bond acceptors (Lipinski definition) is 2. The first kappa shape index (κ1) is 15.9. The second kappa shape index (κ2) is 7.48. The normalized spacial score (nSPS) is 10.2. The Morgan fingerprint density at radius 2 is 2.05 bits per heavy atom. The number of carbonyl (C=O) groups excluding carboxylic acids is 1. The number of nitrogens with one attached hydrogen (secondary N) is 1. The van der Waals surface area contributed by atoms with Gasteiger partial charge in [0, 0.05) is 6.42 Å². The fourth-order valence-corrected chi connectivity index (χ4v) is 2.67. The van der Waals surface area contributed by atoms with Crippen molar-refractivity contribution in [3.05, 3.63) is 57.5 Å². The van der Waals surface area contributed by atoms with E-state index < -0.39 is 0 Å². The summed E-state index contributed by atoms with van der Waals surface area (Å²) in [4.78, 5) is 11.9. The summed E-state index contributed by atoms with van der Waals surface area (Å²) in [6, 6.07) is 13.0. The Balaban J connectivity index is 1.92. The topological polar surface area (TPSA) is 38.3 Å². The van der Waals surface area contributed by atoms with E-state index in [-0.39, 0.29) is 5.91 Å². The fourth-order valence-electron chi connectivity index (χ4n) is 1.90. The molecule has 5 heteroatoms. The molecule has 0 saturated carbocycles. The second-order valence-electron chi connectivity index (χ2n) is 4.50. The zero-order valence-electron chi connectivity index (χ0n) is 11.5. The number of rotatable bonds is 5. The molecule has 0 atom stereocenters. The maximum Gasteiger partial charge on any atom is 0.224 e. The number of amides is 1. The molecule has 0 aliphatic heterocycles. The molecule has 2 aromatic carbocycles. The van der Waals surface area contributed by atoms with E-state index >= 15 is 0 Å². The van der Waals surface area contributed by atoms with Crippen LogP contribution >= 0.6 is 27.5 Å². The van der Waals surface area contributed by atoms with Crippen LogP contribution in [0.5, 0.6) is 5.75 Å². The summed E-state index contributed by atoms with van der Waals surface area (Å²) < 4.78 is 6.06. The minimum atomic E-state index is -0.0601. The smallest absolute Gasteiger partial charge is 0.224 e. The lowest BCUT2D eigenvalue weighted by molar-refractivity contribution is -0.116. The van der Waals surface area contributed by atoms with Crippen LogP contribution in [0, 0.1) is 0 Å². The molecule has 0 radical (unpaired) electrons. The van der Waals surface area contributed by atoms with Crippen molar-refractivity contribution in [1.29, 1.82) is 0 Å². The highest BCUT2D eigenvalue weighted by Gasteiger charge is 2.07. The molecule has 0 fully saturated rings. The summed E-state index contributed by atoms with van der Waals surface area (Å²) in [6.45, 7) is 0. The van der Waals surface area contributed by atoms with Crippen molar-refractivity contribution in [2.75, 3.05) is 12.4 Å². The third kappa shape index (κ3) is 4.48. The van der Waals surface area contributed by atoms with Crippen LogP contribution < -0.4 is 10.1 Å². The van der Waals surface area contributed by atoms with Crippen LogP contribution in [0.25, 0.3) is 0 Å². The summed E-state index contributed by atoms with van der Waals surface area (Å²) in [5, 5.41) is 3.35. The van der Waals surface area contributed by atoms with Crippen molar-refractivity contribution in [2.24, 2.45) is 0 Å². The molecule has 0 unspecified atom stereocenters. The number of ether oxygens (including phenoxy) is 1. The molecule has 2 rings (SSSR count). The molecular formula is C16H15BrClNO2. The molecule has 0 aliphatic rings. The average molecular weight is 369 g/mol. The third-order valence-corrected chi connectivity index (χ3v) is 3.95. The van der Waals surface area contributed by atoms with Crippen molar-refractivity contribution in [3.8, 4) is 5.75 Å². The highest BCUT2D eigenvalue weighted by Crippen LogP contribution is 2.26. The van der Waals surface area contributed by atoms with Crippen molar-refractivity contribution in [1.82, 2.24) is 0 Å². The molecule has 21 heavy (non-hydrogen) atoms. The maximum absolute atomic E-state index is 11.9. The van der Waals surface area contributed by atoms with E-state index in [2.05, 4.69) is 21.2 Å². The predicted octanol–water partition coefficient (Wildman–Crippen LogP) is 4.68. The van der Waals surface area contributed by atoms with Gasteiger partial charge in [0.05, 0.1) is 22.3 Å². The van der Waals surface area contributed by atoms with Gasteiger partial charge in [-0.15, -0.1) is 0 Å². The van der Waals surface area contributed by atoms with Crippen LogP contribution in [-0.2, 0) is 11.2 Å². The number of methoxy groups -OCH3 is 1. The van der Waals surface area contributed by atoms with Gasteiger partial charge in [-0.1, -0.05) is 29.8 Å². The van der Waals surface area contributed by atoms with E-state index in [4.69, 9.17) is 16.3 Å². The largest absolute Gasteiger partial charge is 0.496 e. The third-order valence-electron chi connectivity index (χ3n) is 3.00. The van der Waals surface area contributed by atoms with E-state index in [0.717, 1.165) is 15.8 Å². The number of para-hydroxylation sites is 1. The zero-order chi connectivity index (χ0) is 15.2. The number of hydrogen-bond donors (Lipinski definition) is 1. The number of anilines is 1. The molecule has 3 nitrogen and oxygen atoms in total. The quantitative estimate of drug-likeness (QED) is 0.832. The lowest BCUT2D eigenvalue weighted by Gasteiger charge is -2.08. The second-order valence-corrected chi connectivity index (χ2v) is 5.76. The van der Waals surface area contributed by atoms with Crippen LogP contribution in [0.4, 0.5) is 5.69 Å². The minimum absolute atomic E-state index is 0.0601. The Morgan fingerprint density at radius 1 is 1.29 bits per heavy atom. The average Bonchev–Trinajstić information content (AvgIpc) is 2.48. The Bertz CT molecular complexity index is 646. The van der Waals surface area contributed by atoms with Gasteiger partial charge in [-0.3, -0.25) is 4.79 Å². The molecular weight excluding hydrogens is 354 g/mol.